The molecule has 1 aromatic rings. The van der Waals surface area contributed by atoms with Crippen LogP contribution in [-0.2, 0) is 4.79 Å². The summed E-state index contributed by atoms with van der Waals surface area (Å²) in [6.07, 6.45) is 6.83. The fraction of sp³-hybridized carbons (Fsp3) is 0.400. The predicted molar refractivity (Wildman–Crippen MR) is 111 cm³/mol. The molecule has 1 aliphatic heterocycles. The third-order valence-electron chi connectivity index (χ3n) is 4.05. The summed E-state index contributed by atoms with van der Waals surface area (Å²) in [6.45, 7) is 4.80. The molecule has 0 unspecified atom stereocenters. The molecule has 0 radical (unpaired) electrons. The maximum absolute atomic E-state index is 11.1. The first-order chi connectivity index (χ1) is 12.6. The Bertz CT molecular complexity index is 698. The zero-order chi connectivity index (χ0) is 18.8. The van der Waals surface area contributed by atoms with E-state index in [0.29, 0.717) is 6.54 Å². The third kappa shape index (κ3) is 6.59. The second kappa shape index (κ2) is 10.7. The largest absolute Gasteiger partial charge is 0.497 e. The summed E-state index contributed by atoms with van der Waals surface area (Å²) in [5.74, 6) is 1.98. The first kappa shape index (κ1) is 20.1. The highest BCUT2D eigenvalue weighted by Gasteiger charge is 2.11. The van der Waals surface area contributed by atoms with E-state index in [2.05, 4.69) is 40.9 Å². The summed E-state index contributed by atoms with van der Waals surface area (Å²) in [6, 6.07) is 7.91. The lowest BCUT2D eigenvalue weighted by Crippen LogP contribution is -2.25. The standard InChI is InChI=1S/C20H27N3O2S/c1-15(7-4-3-5-12-21-20(24)14-26)22-19-11-10-18(23-19)16-8-6-9-17(13-16)25-2/h6,8-10,13,26H,1,3-5,7,11-12,14H2,2H3,(H,21,24)(H,22,23). The molecule has 0 atom stereocenters. The number of nitrogens with zero attached hydrogens (tertiary/aromatic N) is 1. The van der Waals surface area contributed by atoms with Gasteiger partial charge in [0.2, 0.25) is 5.91 Å². The van der Waals surface area contributed by atoms with E-state index in [1.165, 1.54) is 0 Å². The summed E-state index contributed by atoms with van der Waals surface area (Å²) in [5.41, 5.74) is 2.98. The van der Waals surface area contributed by atoms with E-state index in [1.54, 1.807) is 7.11 Å². The van der Waals surface area contributed by atoms with E-state index in [0.717, 1.165) is 60.6 Å². The minimum absolute atomic E-state index is 0.0157. The zero-order valence-electron chi connectivity index (χ0n) is 15.3. The van der Waals surface area contributed by atoms with Crippen LogP contribution in [0.15, 0.2) is 47.6 Å². The molecule has 0 saturated heterocycles. The van der Waals surface area contributed by atoms with Crippen molar-refractivity contribution < 1.29 is 9.53 Å². The normalized spacial score (nSPS) is 13.0. The Kier molecular flexibility index (Phi) is 8.28. The predicted octanol–water partition coefficient (Wildman–Crippen LogP) is 3.55. The topological polar surface area (TPSA) is 62.7 Å². The van der Waals surface area contributed by atoms with Gasteiger partial charge < -0.3 is 15.4 Å². The maximum Gasteiger partial charge on any atom is 0.229 e. The van der Waals surface area contributed by atoms with Gasteiger partial charge in [0, 0.05) is 24.2 Å². The molecule has 6 heteroatoms. The van der Waals surface area contributed by atoms with Crippen LogP contribution in [0, 0.1) is 0 Å². The third-order valence-corrected chi connectivity index (χ3v) is 4.34. The van der Waals surface area contributed by atoms with Crippen molar-refractivity contribution in [2.24, 2.45) is 4.99 Å². The first-order valence-corrected chi connectivity index (χ1v) is 9.50. The molecule has 0 spiro atoms. The van der Waals surface area contributed by atoms with Gasteiger partial charge in [-0.3, -0.25) is 4.79 Å². The van der Waals surface area contributed by atoms with Crippen LogP contribution in [0.25, 0.3) is 5.70 Å². The monoisotopic (exact) mass is 373 g/mol. The molecular weight excluding hydrogens is 346 g/mol. The number of allylic oxidation sites excluding steroid dienone is 1. The van der Waals surface area contributed by atoms with Gasteiger partial charge in [0.15, 0.2) is 0 Å². The van der Waals surface area contributed by atoms with Crippen molar-refractivity contribution in [3.63, 3.8) is 0 Å². The number of nitrogens with one attached hydrogen (secondary N) is 2. The van der Waals surface area contributed by atoms with E-state index in [1.807, 2.05) is 24.3 Å². The van der Waals surface area contributed by atoms with Crippen LogP contribution in [0.3, 0.4) is 0 Å². The van der Waals surface area contributed by atoms with Crippen LogP contribution in [-0.4, -0.2) is 31.2 Å². The number of ether oxygens (including phenoxy) is 1. The van der Waals surface area contributed by atoms with Crippen LogP contribution < -0.4 is 15.4 Å². The van der Waals surface area contributed by atoms with Gasteiger partial charge in [-0.05, 0) is 31.4 Å². The van der Waals surface area contributed by atoms with Crippen LogP contribution in [0.2, 0.25) is 0 Å². The van der Waals surface area contributed by atoms with Crippen molar-refractivity contribution in [2.75, 3.05) is 19.4 Å². The minimum atomic E-state index is -0.0157. The fourth-order valence-electron chi connectivity index (χ4n) is 2.66. The van der Waals surface area contributed by atoms with Gasteiger partial charge in [-0.1, -0.05) is 31.2 Å². The van der Waals surface area contributed by atoms with Crippen molar-refractivity contribution in [3.05, 3.63) is 48.2 Å². The summed E-state index contributed by atoms with van der Waals surface area (Å²) in [4.78, 5) is 15.7. The number of carbonyl (C=O) groups excluding carboxylic acids is 1. The molecule has 1 aliphatic rings. The Hall–Kier alpha value is -2.21. The van der Waals surface area contributed by atoms with Crippen molar-refractivity contribution in [1.29, 1.82) is 0 Å². The van der Waals surface area contributed by atoms with E-state index in [9.17, 15) is 4.79 Å². The van der Waals surface area contributed by atoms with Crippen molar-refractivity contribution in [2.45, 2.75) is 32.1 Å². The van der Waals surface area contributed by atoms with Gasteiger partial charge in [-0.25, -0.2) is 4.99 Å². The molecule has 26 heavy (non-hydrogen) atoms. The van der Waals surface area contributed by atoms with Crippen LogP contribution >= 0.6 is 12.6 Å². The van der Waals surface area contributed by atoms with E-state index >= 15 is 0 Å². The Morgan fingerprint density at radius 2 is 2.19 bits per heavy atom. The van der Waals surface area contributed by atoms with Gasteiger partial charge in [0.1, 0.15) is 11.6 Å². The van der Waals surface area contributed by atoms with Crippen molar-refractivity contribution in [1.82, 2.24) is 10.6 Å². The number of methoxy groups -OCH3 is 1. The molecule has 0 fully saturated rings. The minimum Gasteiger partial charge on any atom is -0.497 e. The number of benzene rings is 1. The molecule has 0 aromatic heterocycles. The van der Waals surface area contributed by atoms with E-state index < -0.39 is 0 Å². The number of amidine groups is 1. The molecule has 140 valence electrons. The second-order valence-corrected chi connectivity index (χ2v) is 6.45. The van der Waals surface area contributed by atoms with Crippen molar-refractivity contribution >= 4 is 30.1 Å². The Balaban J connectivity index is 1.69. The summed E-state index contributed by atoms with van der Waals surface area (Å²) >= 11 is 3.93. The highest BCUT2D eigenvalue weighted by molar-refractivity contribution is 7.81. The molecule has 1 aromatic carbocycles. The summed E-state index contributed by atoms with van der Waals surface area (Å²) < 4.78 is 5.27. The first-order valence-electron chi connectivity index (χ1n) is 8.87. The molecule has 0 bridgehead atoms. The molecule has 5 nitrogen and oxygen atoms in total. The number of hydrogen-bond acceptors (Lipinski definition) is 5. The highest BCUT2D eigenvalue weighted by atomic mass is 32.1. The molecule has 1 heterocycles. The number of thiol groups is 1. The lowest BCUT2D eigenvalue weighted by Gasteiger charge is -2.09. The fourth-order valence-corrected chi connectivity index (χ4v) is 2.78. The van der Waals surface area contributed by atoms with E-state index in [-0.39, 0.29) is 11.7 Å². The SMILES string of the molecule is C=C(CCCCCNC(=O)CS)NC1=NC(c2cccc(OC)c2)=CC1. The number of hydrogen-bond donors (Lipinski definition) is 3. The average molecular weight is 374 g/mol. The zero-order valence-corrected chi connectivity index (χ0v) is 16.1. The molecule has 0 aliphatic carbocycles. The summed E-state index contributed by atoms with van der Waals surface area (Å²) in [7, 11) is 1.66. The maximum atomic E-state index is 11.1. The Morgan fingerprint density at radius 1 is 1.35 bits per heavy atom. The van der Waals surface area contributed by atoms with Crippen LogP contribution in [0.5, 0.6) is 5.75 Å². The quantitative estimate of drug-likeness (QED) is 0.434. The molecular formula is C20H27N3O2S. The smallest absolute Gasteiger partial charge is 0.229 e. The Labute approximate surface area is 161 Å². The number of carbonyl (C=O) groups is 1. The highest BCUT2D eigenvalue weighted by Crippen LogP contribution is 2.25. The lowest BCUT2D eigenvalue weighted by molar-refractivity contribution is -0.118. The number of unbranched alkanes of at least 4 members (excludes halogenated alkanes) is 2. The van der Waals surface area contributed by atoms with Gasteiger partial charge >= 0.3 is 0 Å². The molecule has 1 amide bonds. The van der Waals surface area contributed by atoms with Gasteiger partial charge in [-0.2, -0.15) is 12.6 Å². The molecule has 0 saturated carbocycles. The van der Waals surface area contributed by atoms with Gasteiger partial charge in [0.25, 0.3) is 0 Å². The van der Waals surface area contributed by atoms with Crippen LogP contribution in [0.4, 0.5) is 0 Å². The molecule has 2 rings (SSSR count). The number of aliphatic imine (C=N–C) groups is 1. The van der Waals surface area contributed by atoms with Gasteiger partial charge in [-0.15, -0.1) is 0 Å². The van der Waals surface area contributed by atoms with Crippen molar-refractivity contribution in [3.8, 4) is 5.75 Å². The Morgan fingerprint density at radius 3 is 2.96 bits per heavy atom. The van der Waals surface area contributed by atoms with E-state index in [4.69, 9.17) is 4.74 Å². The second-order valence-electron chi connectivity index (χ2n) is 6.13. The number of rotatable bonds is 10. The molecule has 2 N–H and O–H groups in total. The number of amides is 1. The summed E-state index contributed by atoms with van der Waals surface area (Å²) in [5, 5.41) is 6.14. The average Bonchev–Trinajstić information content (AvgIpc) is 3.12. The van der Waals surface area contributed by atoms with Gasteiger partial charge in [0.05, 0.1) is 18.6 Å². The van der Waals surface area contributed by atoms with Crippen LogP contribution in [0.1, 0.15) is 37.7 Å². The lowest BCUT2D eigenvalue weighted by atomic mass is 10.1.